The fourth-order valence-corrected chi connectivity index (χ4v) is 3.94. The van der Waals surface area contributed by atoms with Gasteiger partial charge in [0, 0.05) is 29.9 Å². The van der Waals surface area contributed by atoms with Crippen molar-refractivity contribution >= 4 is 32.8 Å². The lowest BCUT2D eigenvalue weighted by atomic mass is 10.2. The summed E-state index contributed by atoms with van der Waals surface area (Å²) in [6, 6.07) is 4.25. The summed E-state index contributed by atoms with van der Waals surface area (Å²) >= 11 is 1.74. The predicted octanol–water partition coefficient (Wildman–Crippen LogP) is 2.77. The van der Waals surface area contributed by atoms with E-state index in [2.05, 4.69) is 44.4 Å². The van der Waals surface area contributed by atoms with Crippen molar-refractivity contribution in [3.8, 4) is 11.3 Å². The van der Waals surface area contributed by atoms with Gasteiger partial charge in [0.15, 0.2) is 5.65 Å². The number of aromatic nitrogens is 8. The van der Waals surface area contributed by atoms with Gasteiger partial charge in [-0.05, 0) is 19.1 Å². The molecule has 0 bridgehead atoms. The molecule has 1 N–H and O–H groups in total. The number of nitrogens with zero attached hydrogens (tertiary/aromatic N) is 7. The summed E-state index contributed by atoms with van der Waals surface area (Å²) in [6.45, 7) is 2.09. The minimum absolute atomic E-state index is 0.0225. The van der Waals surface area contributed by atoms with Crippen LogP contribution in [0.1, 0.15) is 17.8 Å². The summed E-state index contributed by atoms with van der Waals surface area (Å²) in [5, 5.41) is 12.6. The number of fused-ring (bicyclic) bond motifs is 2. The number of hydrogen-bond donors (Lipinski definition) is 1. The number of thiophene rings is 1. The molecule has 5 heterocycles. The first-order valence-corrected chi connectivity index (χ1v) is 8.64. The third-order valence-electron chi connectivity index (χ3n) is 4.22. The maximum atomic E-state index is 4.73. The van der Waals surface area contributed by atoms with Crippen molar-refractivity contribution in [3.05, 3.63) is 41.8 Å². The van der Waals surface area contributed by atoms with Gasteiger partial charge in [-0.25, -0.2) is 14.6 Å². The van der Waals surface area contributed by atoms with Crippen LogP contribution in [0.3, 0.4) is 0 Å². The van der Waals surface area contributed by atoms with Crippen molar-refractivity contribution in [2.24, 2.45) is 7.05 Å². The molecule has 8 nitrogen and oxygen atoms in total. The van der Waals surface area contributed by atoms with Crippen molar-refractivity contribution in [3.63, 3.8) is 0 Å². The summed E-state index contributed by atoms with van der Waals surface area (Å²) in [6.07, 6.45) is 7.34. The van der Waals surface area contributed by atoms with Gasteiger partial charge in [-0.3, -0.25) is 4.68 Å². The van der Waals surface area contributed by atoms with Crippen LogP contribution in [0.4, 0.5) is 0 Å². The highest BCUT2D eigenvalue weighted by atomic mass is 32.1. The van der Waals surface area contributed by atoms with Crippen LogP contribution in [-0.2, 0) is 7.05 Å². The van der Waals surface area contributed by atoms with E-state index < -0.39 is 0 Å². The van der Waals surface area contributed by atoms with Gasteiger partial charge in [-0.2, -0.15) is 5.10 Å². The Bertz CT molecular complexity index is 1160. The number of H-pyrrole nitrogens is 1. The molecule has 0 saturated heterocycles. The lowest BCUT2D eigenvalue weighted by Crippen LogP contribution is -2.08. The maximum Gasteiger partial charge on any atom is 0.221 e. The van der Waals surface area contributed by atoms with Gasteiger partial charge in [0.05, 0.1) is 34.3 Å². The smallest absolute Gasteiger partial charge is 0.221 e. The molecule has 1 unspecified atom stereocenters. The lowest BCUT2D eigenvalue weighted by molar-refractivity contribution is 0.564. The summed E-state index contributed by atoms with van der Waals surface area (Å²) in [5.41, 5.74) is 4.03. The van der Waals surface area contributed by atoms with E-state index in [0.717, 1.165) is 16.8 Å². The molecule has 0 saturated carbocycles. The first kappa shape index (κ1) is 14.3. The van der Waals surface area contributed by atoms with Crippen LogP contribution in [0, 0.1) is 0 Å². The zero-order valence-electron chi connectivity index (χ0n) is 13.6. The summed E-state index contributed by atoms with van der Waals surface area (Å²) < 4.78 is 4.80. The second kappa shape index (κ2) is 5.21. The first-order chi connectivity index (χ1) is 12.2. The average molecular weight is 350 g/mol. The molecular weight excluding hydrogens is 336 g/mol. The van der Waals surface area contributed by atoms with E-state index in [1.807, 2.05) is 24.1 Å². The van der Waals surface area contributed by atoms with Gasteiger partial charge in [0.1, 0.15) is 0 Å². The van der Waals surface area contributed by atoms with Crippen molar-refractivity contribution < 1.29 is 0 Å². The molecule has 0 aliphatic rings. The van der Waals surface area contributed by atoms with Crippen LogP contribution in [0.5, 0.6) is 0 Å². The van der Waals surface area contributed by atoms with Crippen molar-refractivity contribution in [2.45, 2.75) is 13.0 Å². The second-order valence-electron chi connectivity index (χ2n) is 5.92. The average Bonchev–Trinajstić information content (AvgIpc) is 3.36. The molecule has 0 aromatic carbocycles. The molecule has 0 fully saturated rings. The Morgan fingerprint density at radius 2 is 2.20 bits per heavy atom. The molecule has 25 heavy (non-hydrogen) atoms. The third kappa shape index (κ3) is 2.23. The van der Waals surface area contributed by atoms with Gasteiger partial charge in [0.2, 0.25) is 5.65 Å². The number of rotatable bonds is 3. The molecule has 5 aromatic heterocycles. The fraction of sp³-hybridized carbons (Fsp3) is 0.188. The monoisotopic (exact) mass is 350 g/mol. The Kier molecular flexibility index (Phi) is 2.98. The molecule has 0 amide bonds. The molecule has 1 atom stereocenters. The van der Waals surface area contributed by atoms with Crippen LogP contribution < -0.4 is 0 Å². The zero-order chi connectivity index (χ0) is 17.0. The highest BCUT2D eigenvalue weighted by molar-refractivity contribution is 7.19. The molecule has 0 aliphatic heterocycles. The highest BCUT2D eigenvalue weighted by Crippen LogP contribution is 2.31. The minimum Gasteiger partial charge on any atom is -0.360 e. The molecule has 0 spiro atoms. The Morgan fingerprint density at radius 3 is 3.00 bits per heavy atom. The Labute approximate surface area is 146 Å². The third-order valence-corrected chi connectivity index (χ3v) is 5.49. The lowest BCUT2D eigenvalue weighted by Gasteiger charge is -2.09. The van der Waals surface area contributed by atoms with Crippen molar-refractivity contribution in [2.75, 3.05) is 0 Å². The number of aromatic amines is 1. The normalized spacial score (nSPS) is 13.0. The van der Waals surface area contributed by atoms with Gasteiger partial charge < -0.3 is 4.98 Å². The van der Waals surface area contributed by atoms with Crippen LogP contribution in [0.15, 0.2) is 36.9 Å². The Hall–Kier alpha value is -3.07. The largest absolute Gasteiger partial charge is 0.360 e. The molecule has 0 radical (unpaired) electrons. The molecule has 5 rings (SSSR count). The van der Waals surface area contributed by atoms with Crippen molar-refractivity contribution in [1.29, 1.82) is 0 Å². The predicted molar refractivity (Wildman–Crippen MR) is 95.3 cm³/mol. The standard InChI is InChI=1S/C16H14N8S/c1-9(14-5-11-13(25-14)3-4-17-11)24-16-15(21-22-24)18-7-12(20-16)10-6-19-23(2)8-10/h3-9,17H,1-2H3. The minimum atomic E-state index is 0.0225. The summed E-state index contributed by atoms with van der Waals surface area (Å²) in [4.78, 5) is 13.6. The molecule has 9 heteroatoms. The fourth-order valence-electron chi connectivity index (χ4n) is 2.88. The summed E-state index contributed by atoms with van der Waals surface area (Å²) in [5.74, 6) is 0. The van der Waals surface area contributed by atoms with Crippen LogP contribution in [0.2, 0.25) is 0 Å². The van der Waals surface area contributed by atoms with Gasteiger partial charge in [-0.15, -0.1) is 16.4 Å². The number of aryl methyl sites for hydroxylation is 1. The molecule has 5 aromatic rings. The van der Waals surface area contributed by atoms with E-state index in [9.17, 15) is 0 Å². The zero-order valence-corrected chi connectivity index (χ0v) is 14.4. The Balaban J connectivity index is 1.61. The topological polar surface area (TPSA) is 90.1 Å². The quantitative estimate of drug-likeness (QED) is 0.540. The van der Waals surface area contributed by atoms with Crippen molar-refractivity contribution in [1.82, 2.24) is 39.7 Å². The number of hydrogen-bond acceptors (Lipinski definition) is 6. The SMILES string of the molecule is CC(c1cc2[nH]ccc2s1)n1nnc2ncc(-c3cnn(C)c3)nc21. The van der Waals surface area contributed by atoms with Crippen LogP contribution >= 0.6 is 11.3 Å². The molecular formula is C16H14N8S. The van der Waals surface area contributed by atoms with E-state index in [-0.39, 0.29) is 6.04 Å². The van der Waals surface area contributed by atoms with Gasteiger partial charge in [-0.1, -0.05) is 5.21 Å². The summed E-state index contributed by atoms with van der Waals surface area (Å²) in [7, 11) is 1.88. The van der Waals surface area contributed by atoms with Crippen LogP contribution in [-0.4, -0.2) is 39.7 Å². The van der Waals surface area contributed by atoms with E-state index in [1.54, 1.807) is 28.4 Å². The van der Waals surface area contributed by atoms with Crippen LogP contribution in [0.25, 0.3) is 32.8 Å². The molecule has 0 aliphatic carbocycles. The maximum absolute atomic E-state index is 4.73. The van der Waals surface area contributed by atoms with Gasteiger partial charge >= 0.3 is 0 Å². The van der Waals surface area contributed by atoms with E-state index in [0.29, 0.717) is 11.3 Å². The molecule has 124 valence electrons. The first-order valence-electron chi connectivity index (χ1n) is 7.83. The highest BCUT2D eigenvalue weighted by Gasteiger charge is 2.18. The number of nitrogens with one attached hydrogen (secondary N) is 1. The van der Waals surface area contributed by atoms with E-state index in [4.69, 9.17) is 4.98 Å². The Morgan fingerprint density at radius 1 is 1.28 bits per heavy atom. The van der Waals surface area contributed by atoms with E-state index >= 15 is 0 Å². The second-order valence-corrected chi connectivity index (χ2v) is 7.03. The van der Waals surface area contributed by atoms with E-state index in [1.165, 1.54) is 9.58 Å². The van der Waals surface area contributed by atoms with Gasteiger partial charge in [0.25, 0.3) is 0 Å².